The van der Waals surface area contributed by atoms with Gasteiger partial charge < -0.3 is 5.32 Å². The minimum absolute atomic E-state index is 0.0659. The molecule has 0 spiro atoms. The Morgan fingerprint density at radius 1 is 1.06 bits per heavy atom. The van der Waals surface area contributed by atoms with Gasteiger partial charge in [-0.15, -0.1) is 11.3 Å². The Morgan fingerprint density at radius 2 is 1.69 bits per heavy atom. The molecule has 4 rings (SSSR count). The van der Waals surface area contributed by atoms with Gasteiger partial charge in [-0.1, -0.05) is 24.3 Å². The molecule has 1 heterocycles. The number of carbonyl (C=O) groups is 1. The molecule has 0 saturated heterocycles. The molecule has 3 aromatic carbocycles. The van der Waals surface area contributed by atoms with Crippen LogP contribution in [0.4, 0.5) is 11.4 Å². The van der Waals surface area contributed by atoms with E-state index in [-0.39, 0.29) is 20.5 Å². The van der Waals surface area contributed by atoms with Gasteiger partial charge in [0, 0.05) is 17.8 Å². The van der Waals surface area contributed by atoms with E-state index < -0.39 is 16.4 Å². The first-order valence-corrected chi connectivity index (χ1v) is 11.7. The zero-order valence-corrected chi connectivity index (χ0v) is 20.2. The molecule has 0 saturated carbocycles. The Balaban J connectivity index is 1.92. The minimum Gasteiger partial charge on any atom is -0.321 e. The zero-order chi connectivity index (χ0) is 25.8. The van der Waals surface area contributed by atoms with Crippen molar-refractivity contribution in [3.63, 3.8) is 0 Å². The highest BCUT2D eigenvalue weighted by atomic mass is 32.1. The van der Waals surface area contributed by atoms with Crippen molar-refractivity contribution < 1.29 is 9.72 Å². The molecule has 178 valence electrons. The molecule has 0 fully saturated rings. The van der Waals surface area contributed by atoms with Crippen LogP contribution in [0.3, 0.4) is 0 Å². The third-order valence-electron chi connectivity index (χ3n) is 5.27. The van der Waals surface area contributed by atoms with Crippen LogP contribution in [0.2, 0.25) is 0 Å². The van der Waals surface area contributed by atoms with E-state index in [1.54, 1.807) is 48.5 Å². The Kier molecular flexibility index (Phi) is 6.90. The molecule has 1 N–H and O–H groups in total. The molecule has 36 heavy (non-hydrogen) atoms. The Morgan fingerprint density at radius 3 is 2.28 bits per heavy atom. The molecule has 0 aliphatic heterocycles. The van der Waals surface area contributed by atoms with Gasteiger partial charge in [0.15, 0.2) is 5.57 Å². The third kappa shape index (κ3) is 5.14. The normalized spacial score (nSPS) is 12.1. The summed E-state index contributed by atoms with van der Waals surface area (Å²) in [7, 11) is 0. The molecule has 8 nitrogen and oxygen atoms in total. The van der Waals surface area contributed by atoms with Gasteiger partial charge in [0.1, 0.15) is 10.7 Å². The zero-order valence-electron chi connectivity index (χ0n) is 19.4. The number of aromatic nitrogens is 1. The van der Waals surface area contributed by atoms with Crippen molar-refractivity contribution in [2.45, 2.75) is 13.8 Å². The lowest BCUT2D eigenvalue weighted by atomic mass is 10.1. The molecule has 0 atom stereocenters. The van der Waals surface area contributed by atoms with Crippen LogP contribution in [0.5, 0.6) is 0 Å². The van der Waals surface area contributed by atoms with Crippen LogP contribution in [0.1, 0.15) is 16.7 Å². The number of nitrogens with zero attached hydrogens (tertiary/aromatic N) is 3. The van der Waals surface area contributed by atoms with Gasteiger partial charge in [-0.2, -0.15) is 5.26 Å². The fourth-order valence-corrected chi connectivity index (χ4v) is 4.84. The quantitative estimate of drug-likeness (QED) is 0.335. The van der Waals surface area contributed by atoms with Crippen LogP contribution in [0, 0.1) is 35.3 Å². The Bertz CT molecular complexity index is 1680. The van der Waals surface area contributed by atoms with E-state index >= 15 is 0 Å². The lowest BCUT2D eigenvalue weighted by Crippen LogP contribution is -2.32. The maximum absolute atomic E-state index is 13.4. The molecule has 0 aliphatic carbocycles. The summed E-state index contributed by atoms with van der Waals surface area (Å²) in [5.41, 5.74) is 2.86. The SMILES string of the molecule is Cc1cc(C)cc(NC(=O)C(C#N)=c2sc(=Cc3ccc([N+](=O)[O-])cc3)c(=O)n2-c2ccccc2)c1. The molecule has 1 amide bonds. The lowest BCUT2D eigenvalue weighted by Gasteiger charge is -2.07. The number of thiazole rings is 1. The number of amides is 1. The first kappa shape index (κ1) is 24.3. The molecular formula is C27H20N4O4S. The van der Waals surface area contributed by atoms with Gasteiger partial charge in [0.2, 0.25) is 0 Å². The minimum atomic E-state index is -0.629. The van der Waals surface area contributed by atoms with Gasteiger partial charge in [-0.3, -0.25) is 24.3 Å². The van der Waals surface area contributed by atoms with Crippen molar-refractivity contribution >= 4 is 40.3 Å². The number of carbonyl (C=O) groups excluding carboxylic acids is 1. The number of hydrogen-bond acceptors (Lipinski definition) is 6. The van der Waals surface area contributed by atoms with Crippen LogP contribution < -0.4 is 20.1 Å². The van der Waals surface area contributed by atoms with E-state index in [0.29, 0.717) is 16.9 Å². The second kappa shape index (κ2) is 10.2. The number of anilines is 1. The average Bonchev–Trinajstić information content (AvgIpc) is 3.15. The fourth-order valence-electron chi connectivity index (χ4n) is 3.74. The molecule has 0 unspecified atom stereocenters. The van der Waals surface area contributed by atoms with E-state index in [9.17, 15) is 25.0 Å². The largest absolute Gasteiger partial charge is 0.321 e. The number of non-ortho nitro benzene ring substituents is 1. The van der Waals surface area contributed by atoms with Crippen molar-refractivity contribution in [3.8, 4) is 11.8 Å². The van der Waals surface area contributed by atoms with Crippen molar-refractivity contribution in [2.24, 2.45) is 0 Å². The number of rotatable bonds is 5. The summed E-state index contributed by atoms with van der Waals surface area (Å²) in [5.74, 6) is -0.629. The Hall–Kier alpha value is -4.81. The van der Waals surface area contributed by atoms with Crippen molar-refractivity contribution in [1.29, 1.82) is 5.26 Å². The Labute approximate surface area is 209 Å². The van der Waals surface area contributed by atoms with Gasteiger partial charge in [-0.05, 0) is 73.0 Å². The monoisotopic (exact) mass is 496 g/mol. The maximum Gasteiger partial charge on any atom is 0.273 e. The predicted molar refractivity (Wildman–Crippen MR) is 139 cm³/mol. The number of benzene rings is 3. The highest BCUT2D eigenvalue weighted by molar-refractivity contribution is 7.07. The van der Waals surface area contributed by atoms with Crippen molar-refractivity contribution in [2.75, 3.05) is 5.32 Å². The van der Waals surface area contributed by atoms with Crippen molar-refractivity contribution in [3.05, 3.63) is 119 Å². The molecule has 4 aromatic rings. The molecule has 0 aliphatic rings. The molecule has 1 aromatic heterocycles. The summed E-state index contributed by atoms with van der Waals surface area (Å²) in [6, 6.07) is 22.0. The van der Waals surface area contributed by atoms with E-state index in [4.69, 9.17) is 0 Å². The summed E-state index contributed by atoms with van der Waals surface area (Å²) >= 11 is 1.00. The molecule has 0 radical (unpaired) electrons. The summed E-state index contributed by atoms with van der Waals surface area (Å²) in [5, 5.41) is 23.7. The van der Waals surface area contributed by atoms with Crippen LogP contribution in [0.25, 0.3) is 17.3 Å². The van der Waals surface area contributed by atoms with Gasteiger partial charge in [-0.25, -0.2) is 0 Å². The number of nitro benzene ring substituents is 1. The standard InChI is InChI=1S/C27H20N4O4S/c1-17-12-18(2)14-20(13-17)29-25(32)23(16-28)27-30(21-6-4-3-5-7-21)26(33)24(36-27)15-19-8-10-22(11-9-19)31(34)35/h3-15H,1-2H3,(H,29,32). The number of nitrogens with one attached hydrogen (secondary N) is 1. The van der Waals surface area contributed by atoms with E-state index in [2.05, 4.69) is 5.32 Å². The van der Waals surface area contributed by atoms with E-state index in [1.165, 1.54) is 28.8 Å². The molecular weight excluding hydrogens is 476 g/mol. The summed E-state index contributed by atoms with van der Waals surface area (Å²) in [6.07, 6.45) is 1.58. The average molecular weight is 497 g/mol. The maximum atomic E-state index is 13.4. The second-order valence-corrected chi connectivity index (χ2v) is 9.09. The van der Waals surface area contributed by atoms with Gasteiger partial charge >= 0.3 is 0 Å². The van der Waals surface area contributed by atoms with E-state index in [1.807, 2.05) is 26.0 Å². The molecule has 9 heteroatoms. The topological polar surface area (TPSA) is 118 Å². The first-order chi connectivity index (χ1) is 17.3. The lowest BCUT2D eigenvalue weighted by molar-refractivity contribution is -0.384. The van der Waals surface area contributed by atoms with Crippen LogP contribution in [-0.4, -0.2) is 15.4 Å². The van der Waals surface area contributed by atoms with Crippen LogP contribution in [-0.2, 0) is 4.79 Å². The van der Waals surface area contributed by atoms with Crippen LogP contribution >= 0.6 is 11.3 Å². The predicted octanol–water partition coefficient (Wildman–Crippen LogP) is 3.57. The van der Waals surface area contributed by atoms with Crippen molar-refractivity contribution in [1.82, 2.24) is 4.57 Å². The number of nitriles is 1. The van der Waals surface area contributed by atoms with Crippen LogP contribution in [0.15, 0.2) is 77.6 Å². The summed E-state index contributed by atoms with van der Waals surface area (Å²) in [6.45, 7) is 3.81. The molecule has 0 bridgehead atoms. The summed E-state index contributed by atoms with van der Waals surface area (Å²) < 4.78 is 1.79. The van der Waals surface area contributed by atoms with Gasteiger partial charge in [0.25, 0.3) is 17.2 Å². The number of nitro groups is 1. The fraction of sp³-hybridized carbons (Fsp3) is 0.0741. The number of hydrogen-bond donors (Lipinski definition) is 1. The smallest absolute Gasteiger partial charge is 0.273 e. The van der Waals surface area contributed by atoms with E-state index in [0.717, 1.165) is 22.5 Å². The number of aryl methyl sites for hydroxylation is 2. The highest BCUT2D eigenvalue weighted by Gasteiger charge is 2.17. The first-order valence-electron chi connectivity index (χ1n) is 10.8. The second-order valence-electron chi connectivity index (χ2n) is 8.06. The third-order valence-corrected chi connectivity index (χ3v) is 6.36. The number of para-hydroxylation sites is 1. The highest BCUT2D eigenvalue weighted by Crippen LogP contribution is 2.15. The van der Waals surface area contributed by atoms with Gasteiger partial charge in [0.05, 0.1) is 15.1 Å². The summed E-state index contributed by atoms with van der Waals surface area (Å²) in [4.78, 5) is 37.1.